The number of hydrogen-bond acceptors (Lipinski definition) is 5. The van der Waals surface area contributed by atoms with E-state index in [2.05, 4.69) is 27.5 Å². The standard InChI is InChI=1S/C16H23N5O2S/c1-18-13-17-21(16(18)23)7-5-15(22)20-10-8-19(9-11-20)6-4-14-3-2-12-24-14/h2-3,12-13H,4-11H2,1H3. The summed E-state index contributed by atoms with van der Waals surface area (Å²) < 4.78 is 2.76. The third-order valence-electron chi connectivity index (χ3n) is 4.40. The zero-order valence-electron chi connectivity index (χ0n) is 13.9. The Kier molecular flexibility index (Phi) is 5.47. The third kappa shape index (κ3) is 4.12. The summed E-state index contributed by atoms with van der Waals surface area (Å²) in [6.07, 6.45) is 2.87. The van der Waals surface area contributed by atoms with Crippen molar-refractivity contribution in [2.45, 2.75) is 19.4 Å². The zero-order chi connectivity index (χ0) is 16.9. The lowest BCUT2D eigenvalue weighted by Crippen LogP contribution is -2.49. The molecule has 24 heavy (non-hydrogen) atoms. The van der Waals surface area contributed by atoms with Crippen molar-refractivity contribution in [3.05, 3.63) is 39.2 Å². The second kappa shape index (κ2) is 7.76. The highest BCUT2D eigenvalue weighted by Crippen LogP contribution is 2.11. The largest absolute Gasteiger partial charge is 0.345 e. The van der Waals surface area contributed by atoms with Gasteiger partial charge in [-0.3, -0.25) is 14.3 Å². The Bertz CT molecular complexity index is 713. The van der Waals surface area contributed by atoms with Crippen LogP contribution < -0.4 is 5.69 Å². The van der Waals surface area contributed by atoms with Crippen molar-refractivity contribution in [1.29, 1.82) is 0 Å². The minimum atomic E-state index is -0.179. The van der Waals surface area contributed by atoms with Gasteiger partial charge in [0.1, 0.15) is 6.33 Å². The van der Waals surface area contributed by atoms with Crippen LogP contribution in [-0.2, 0) is 24.8 Å². The number of carbonyl (C=O) groups excluding carboxylic acids is 1. The highest BCUT2D eigenvalue weighted by molar-refractivity contribution is 7.09. The maximum Gasteiger partial charge on any atom is 0.345 e. The van der Waals surface area contributed by atoms with Gasteiger partial charge in [-0.1, -0.05) is 6.07 Å². The first-order chi connectivity index (χ1) is 11.6. The molecule has 0 aromatic carbocycles. The van der Waals surface area contributed by atoms with Crippen LogP contribution in [0.1, 0.15) is 11.3 Å². The van der Waals surface area contributed by atoms with Gasteiger partial charge in [-0.2, -0.15) is 5.10 Å². The van der Waals surface area contributed by atoms with Gasteiger partial charge in [0.2, 0.25) is 5.91 Å². The van der Waals surface area contributed by atoms with Gasteiger partial charge in [0.05, 0.1) is 6.54 Å². The molecule has 3 rings (SSSR count). The lowest BCUT2D eigenvalue weighted by molar-refractivity contribution is -0.133. The van der Waals surface area contributed by atoms with E-state index >= 15 is 0 Å². The monoisotopic (exact) mass is 349 g/mol. The number of nitrogens with zero attached hydrogens (tertiary/aromatic N) is 5. The summed E-state index contributed by atoms with van der Waals surface area (Å²) in [5, 5.41) is 6.09. The number of amides is 1. The fourth-order valence-electron chi connectivity index (χ4n) is 2.88. The van der Waals surface area contributed by atoms with E-state index in [1.807, 2.05) is 4.90 Å². The number of aryl methyl sites for hydroxylation is 2. The molecule has 2 aromatic rings. The Morgan fingerprint density at radius 1 is 1.25 bits per heavy atom. The fourth-order valence-corrected chi connectivity index (χ4v) is 3.58. The molecule has 1 aliphatic rings. The van der Waals surface area contributed by atoms with Crippen molar-refractivity contribution >= 4 is 17.2 Å². The van der Waals surface area contributed by atoms with E-state index in [1.165, 1.54) is 20.5 Å². The molecule has 0 spiro atoms. The van der Waals surface area contributed by atoms with Crippen LogP contribution in [0.25, 0.3) is 0 Å². The second-order valence-electron chi connectivity index (χ2n) is 6.05. The predicted octanol–water partition coefficient (Wildman–Crippen LogP) is 0.420. The fraction of sp³-hybridized carbons (Fsp3) is 0.562. The van der Waals surface area contributed by atoms with Gasteiger partial charge in [0, 0.05) is 51.1 Å². The number of rotatable bonds is 6. The molecule has 0 unspecified atom stereocenters. The van der Waals surface area contributed by atoms with E-state index < -0.39 is 0 Å². The first-order valence-corrected chi connectivity index (χ1v) is 9.12. The maximum absolute atomic E-state index is 12.3. The van der Waals surface area contributed by atoms with Crippen molar-refractivity contribution in [2.24, 2.45) is 7.05 Å². The first-order valence-electron chi connectivity index (χ1n) is 8.24. The Labute approximate surface area is 145 Å². The van der Waals surface area contributed by atoms with Gasteiger partial charge >= 0.3 is 5.69 Å². The summed E-state index contributed by atoms with van der Waals surface area (Å²) in [5.74, 6) is 0.102. The van der Waals surface area contributed by atoms with Crippen LogP contribution in [0.3, 0.4) is 0 Å². The molecule has 1 fully saturated rings. The van der Waals surface area contributed by atoms with Gasteiger partial charge in [0.15, 0.2) is 0 Å². The molecular weight excluding hydrogens is 326 g/mol. The van der Waals surface area contributed by atoms with Gasteiger partial charge in [-0.15, -0.1) is 11.3 Å². The third-order valence-corrected chi connectivity index (χ3v) is 5.34. The summed E-state index contributed by atoms with van der Waals surface area (Å²) in [4.78, 5) is 29.7. The number of hydrogen-bond donors (Lipinski definition) is 0. The average molecular weight is 349 g/mol. The quantitative estimate of drug-likeness (QED) is 0.758. The van der Waals surface area contributed by atoms with Gasteiger partial charge in [0.25, 0.3) is 0 Å². The van der Waals surface area contributed by atoms with Crippen LogP contribution in [0.5, 0.6) is 0 Å². The van der Waals surface area contributed by atoms with Crippen LogP contribution >= 0.6 is 11.3 Å². The van der Waals surface area contributed by atoms with E-state index in [4.69, 9.17) is 0 Å². The molecule has 8 heteroatoms. The number of carbonyl (C=O) groups is 1. The van der Waals surface area contributed by atoms with E-state index in [0.29, 0.717) is 13.0 Å². The van der Waals surface area contributed by atoms with E-state index in [-0.39, 0.29) is 11.6 Å². The van der Waals surface area contributed by atoms with Crippen LogP contribution in [-0.4, -0.2) is 62.8 Å². The van der Waals surface area contributed by atoms with Gasteiger partial charge < -0.3 is 4.90 Å². The Hall–Kier alpha value is -1.93. The molecule has 1 amide bonds. The maximum atomic E-state index is 12.3. The molecule has 1 aliphatic heterocycles. The topological polar surface area (TPSA) is 63.4 Å². The Balaban J connectivity index is 1.40. The second-order valence-corrected chi connectivity index (χ2v) is 7.08. The number of thiophene rings is 1. The molecule has 0 aliphatic carbocycles. The number of piperazine rings is 1. The van der Waals surface area contributed by atoms with Crippen molar-refractivity contribution in [2.75, 3.05) is 32.7 Å². The van der Waals surface area contributed by atoms with Crippen molar-refractivity contribution in [3.8, 4) is 0 Å². The van der Waals surface area contributed by atoms with Gasteiger partial charge in [-0.05, 0) is 17.9 Å². The SMILES string of the molecule is Cn1cnn(CCC(=O)N2CCN(CCc3cccs3)CC2)c1=O. The molecule has 2 aromatic heterocycles. The molecule has 1 saturated heterocycles. The summed E-state index contributed by atoms with van der Waals surface area (Å²) in [6.45, 7) is 4.76. The van der Waals surface area contributed by atoms with Crippen LogP contribution in [0, 0.1) is 0 Å². The molecular formula is C16H23N5O2S. The summed E-state index contributed by atoms with van der Waals surface area (Å²) in [6, 6.07) is 4.26. The minimum Gasteiger partial charge on any atom is -0.340 e. The van der Waals surface area contributed by atoms with Crippen molar-refractivity contribution < 1.29 is 4.79 Å². The molecule has 0 bridgehead atoms. The molecule has 7 nitrogen and oxygen atoms in total. The minimum absolute atomic E-state index is 0.102. The van der Waals surface area contributed by atoms with E-state index in [9.17, 15) is 9.59 Å². The summed E-state index contributed by atoms with van der Waals surface area (Å²) in [7, 11) is 1.66. The van der Waals surface area contributed by atoms with E-state index in [1.54, 1.807) is 18.4 Å². The molecule has 130 valence electrons. The predicted molar refractivity (Wildman–Crippen MR) is 93.1 cm³/mol. The first kappa shape index (κ1) is 16.9. The molecule has 0 radical (unpaired) electrons. The van der Waals surface area contributed by atoms with Crippen molar-refractivity contribution in [3.63, 3.8) is 0 Å². The Morgan fingerprint density at radius 3 is 2.67 bits per heavy atom. The lowest BCUT2D eigenvalue weighted by Gasteiger charge is -2.34. The molecule has 0 saturated carbocycles. The van der Waals surface area contributed by atoms with E-state index in [0.717, 1.165) is 39.1 Å². The zero-order valence-corrected chi connectivity index (χ0v) is 14.7. The lowest BCUT2D eigenvalue weighted by atomic mass is 10.2. The van der Waals surface area contributed by atoms with Crippen LogP contribution in [0.15, 0.2) is 28.6 Å². The summed E-state index contributed by atoms with van der Waals surface area (Å²) in [5.41, 5.74) is -0.179. The van der Waals surface area contributed by atoms with Crippen LogP contribution in [0.2, 0.25) is 0 Å². The smallest absolute Gasteiger partial charge is 0.340 e. The van der Waals surface area contributed by atoms with Crippen LogP contribution in [0.4, 0.5) is 0 Å². The highest BCUT2D eigenvalue weighted by atomic mass is 32.1. The molecule has 3 heterocycles. The van der Waals surface area contributed by atoms with Gasteiger partial charge in [-0.25, -0.2) is 9.48 Å². The normalized spacial score (nSPS) is 15.8. The highest BCUT2D eigenvalue weighted by Gasteiger charge is 2.21. The van der Waals surface area contributed by atoms with Crippen molar-refractivity contribution in [1.82, 2.24) is 24.1 Å². The Morgan fingerprint density at radius 2 is 2.04 bits per heavy atom. The number of aromatic nitrogens is 3. The molecule has 0 atom stereocenters. The average Bonchev–Trinajstić information content (AvgIpc) is 3.23. The summed E-state index contributed by atoms with van der Waals surface area (Å²) >= 11 is 1.80. The molecule has 0 N–H and O–H groups in total.